The second kappa shape index (κ2) is 6.15. The summed E-state index contributed by atoms with van der Waals surface area (Å²) in [6.45, 7) is 7.31. The van der Waals surface area contributed by atoms with Crippen LogP contribution in [0, 0.1) is 5.41 Å². The van der Waals surface area contributed by atoms with Crippen LogP contribution in [0.1, 0.15) is 32.8 Å². The predicted molar refractivity (Wildman–Crippen MR) is 72.1 cm³/mol. The van der Waals surface area contributed by atoms with Crippen LogP contribution >= 0.6 is 11.6 Å². The summed E-state index contributed by atoms with van der Waals surface area (Å²) in [6, 6.07) is 5.72. The molecule has 1 aromatic rings. The van der Waals surface area contributed by atoms with E-state index in [-0.39, 0.29) is 5.41 Å². The van der Waals surface area contributed by atoms with Gasteiger partial charge in [0.05, 0.1) is 19.6 Å². The second-order valence-corrected chi connectivity index (χ2v) is 5.53. The molecule has 1 rings (SSSR count). The summed E-state index contributed by atoms with van der Waals surface area (Å²) in [7, 11) is 1.65. The Labute approximate surface area is 109 Å². The summed E-state index contributed by atoms with van der Waals surface area (Å²) in [5.41, 5.74) is 1.26. The molecule has 96 valence electrons. The molecule has 0 saturated heterocycles. The van der Waals surface area contributed by atoms with Gasteiger partial charge in [0.25, 0.3) is 0 Å². The quantitative estimate of drug-likeness (QED) is 0.734. The van der Waals surface area contributed by atoms with Crippen LogP contribution in [-0.2, 0) is 5.88 Å². The van der Waals surface area contributed by atoms with Gasteiger partial charge in [-0.25, -0.2) is 0 Å². The van der Waals surface area contributed by atoms with E-state index in [2.05, 4.69) is 20.8 Å². The van der Waals surface area contributed by atoms with Gasteiger partial charge in [0.1, 0.15) is 11.5 Å². The lowest BCUT2D eigenvalue weighted by Gasteiger charge is -2.19. The Morgan fingerprint density at radius 1 is 1.24 bits per heavy atom. The largest absolute Gasteiger partial charge is 0.497 e. The molecule has 0 radical (unpaired) electrons. The van der Waals surface area contributed by atoms with Crippen LogP contribution in [0.3, 0.4) is 0 Å². The molecule has 0 aliphatic heterocycles. The fourth-order valence-corrected chi connectivity index (χ4v) is 1.60. The lowest BCUT2D eigenvalue weighted by Crippen LogP contribution is -2.11. The number of methoxy groups -OCH3 is 1. The summed E-state index contributed by atoms with van der Waals surface area (Å²) in [4.78, 5) is 0. The zero-order valence-electron chi connectivity index (χ0n) is 11.0. The molecule has 1 aromatic carbocycles. The molecule has 0 unspecified atom stereocenters. The van der Waals surface area contributed by atoms with Crippen LogP contribution in [0.25, 0.3) is 0 Å². The SMILES string of the molecule is COc1ccc(OCCC(C)(C)C)c(CCl)c1. The second-order valence-electron chi connectivity index (χ2n) is 5.27. The van der Waals surface area contributed by atoms with E-state index in [1.807, 2.05) is 18.2 Å². The topological polar surface area (TPSA) is 18.5 Å². The normalized spacial score (nSPS) is 11.4. The molecule has 0 spiro atoms. The minimum Gasteiger partial charge on any atom is -0.497 e. The first kappa shape index (κ1) is 14.2. The van der Waals surface area contributed by atoms with Crippen molar-refractivity contribution in [2.45, 2.75) is 33.1 Å². The number of alkyl halides is 1. The molecule has 17 heavy (non-hydrogen) atoms. The number of halogens is 1. The first-order chi connectivity index (χ1) is 7.96. The van der Waals surface area contributed by atoms with Crippen LogP contribution in [0.2, 0.25) is 0 Å². The van der Waals surface area contributed by atoms with Crippen LogP contribution in [0.4, 0.5) is 0 Å². The molecular weight excluding hydrogens is 236 g/mol. The Kier molecular flexibility index (Phi) is 5.13. The lowest BCUT2D eigenvalue weighted by atomic mass is 9.93. The highest BCUT2D eigenvalue weighted by molar-refractivity contribution is 6.17. The molecule has 0 heterocycles. The molecule has 0 saturated carbocycles. The third-order valence-electron chi connectivity index (χ3n) is 2.52. The number of rotatable bonds is 5. The summed E-state index contributed by atoms with van der Waals surface area (Å²) in [6.07, 6.45) is 1.01. The van der Waals surface area contributed by atoms with Crippen molar-refractivity contribution in [2.24, 2.45) is 5.41 Å². The molecule has 0 aliphatic rings. The van der Waals surface area contributed by atoms with Gasteiger partial charge in [-0.15, -0.1) is 11.6 Å². The highest BCUT2D eigenvalue weighted by Gasteiger charge is 2.11. The Morgan fingerprint density at radius 2 is 1.94 bits per heavy atom. The summed E-state index contributed by atoms with van der Waals surface area (Å²) in [5.74, 6) is 2.09. The van der Waals surface area contributed by atoms with E-state index in [4.69, 9.17) is 21.1 Å². The van der Waals surface area contributed by atoms with Crippen molar-refractivity contribution < 1.29 is 9.47 Å². The van der Waals surface area contributed by atoms with E-state index < -0.39 is 0 Å². The molecule has 0 N–H and O–H groups in total. The number of benzene rings is 1. The Morgan fingerprint density at radius 3 is 2.47 bits per heavy atom. The lowest BCUT2D eigenvalue weighted by molar-refractivity contribution is 0.241. The van der Waals surface area contributed by atoms with E-state index >= 15 is 0 Å². The van der Waals surface area contributed by atoms with E-state index in [0.29, 0.717) is 12.5 Å². The third-order valence-corrected chi connectivity index (χ3v) is 2.81. The molecule has 0 fully saturated rings. The van der Waals surface area contributed by atoms with Crippen LogP contribution in [0.5, 0.6) is 11.5 Å². The van der Waals surface area contributed by atoms with Gasteiger partial charge in [0.2, 0.25) is 0 Å². The van der Waals surface area contributed by atoms with Crippen LogP contribution < -0.4 is 9.47 Å². The third kappa shape index (κ3) is 4.86. The van der Waals surface area contributed by atoms with Gasteiger partial charge in [-0.3, -0.25) is 0 Å². The van der Waals surface area contributed by atoms with Crippen LogP contribution in [0.15, 0.2) is 18.2 Å². The van der Waals surface area contributed by atoms with Gasteiger partial charge in [-0.1, -0.05) is 20.8 Å². The zero-order valence-corrected chi connectivity index (χ0v) is 11.8. The first-order valence-corrected chi connectivity index (χ1v) is 6.35. The summed E-state index contributed by atoms with van der Waals surface area (Å²) < 4.78 is 10.9. The fourth-order valence-electron chi connectivity index (χ4n) is 1.40. The zero-order chi connectivity index (χ0) is 12.9. The molecule has 0 amide bonds. The predicted octanol–water partition coefficient (Wildman–Crippen LogP) is 4.25. The maximum Gasteiger partial charge on any atom is 0.123 e. The smallest absolute Gasteiger partial charge is 0.123 e. The maximum absolute atomic E-state index is 5.89. The standard InChI is InChI=1S/C14H21ClO2/c1-14(2,3)7-8-17-13-6-5-12(16-4)9-11(13)10-15/h5-6,9H,7-8,10H2,1-4H3. The molecule has 0 aromatic heterocycles. The van der Waals surface area contributed by atoms with Crippen molar-refractivity contribution in [1.29, 1.82) is 0 Å². The van der Waals surface area contributed by atoms with Crippen molar-refractivity contribution in [3.63, 3.8) is 0 Å². The van der Waals surface area contributed by atoms with E-state index in [1.165, 1.54) is 0 Å². The average Bonchev–Trinajstić information content (AvgIpc) is 2.27. The van der Waals surface area contributed by atoms with Gasteiger partial charge in [0, 0.05) is 5.56 Å². The Hall–Kier alpha value is -0.890. The van der Waals surface area contributed by atoms with Crippen molar-refractivity contribution in [1.82, 2.24) is 0 Å². The van der Waals surface area contributed by atoms with E-state index in [0.717, 1.165) is 23.5 Å². The van der Waals surface area contributed by atoms with E-state index in [1.54, 1.807) is 7.11 Å². The molecule has 0 aliphatic carbocycles. The van der Waals surface area contributed by atoms with Crippen LogP contribution in [-0.4, -0.2) is 13.7 Å². The highest BCUT2D eigenvalue weighted by Crippen LogP contribution is 2.27. The maximum atomic E-state index is 5.89. The summed E-state index contributed by atoms with van der Waals surface area (Å²) in [5, 5.41) is 0. The minimum absolute atomic E-state index is 0.285. The minimum atomic E-state index is 0.285. The molecular formula is C14H21ClO2. The molecule has 2 nitrogen and oxygen atoms in total. The number of hydrogen-bond donors (Lipinski definition) is 0. The molecule has 3 heteroatoms. The molecule has 0 bridgehead atoms. The van der Waals surface area contributed by atoms with Crippen molar-refractivity contribution in [3.05, 3.63) is 23.8 Å². The summed E-state index contributed by atoms with van der Waals surface area (Å²) >= 11 is 5.89. The van der Waals surface area contributed by atoms with Gasteiger partial charge < -0.3 is 9.47 Å². The highest BCUT2D eigenvalue weighted by atomic mass is 35.5. The first-order valence-electron chi connectivity index (χ1n) is 5.82. The van der Waals surface area contributed by atoms with Crippen molar-refractivity contribution in [3.8, 4) is 11.5 Å². The van der Waals surface area contributed by atoms with Crippen molar-refractivity contribution in [2.75, 3.05) is 13.7 Å². The Balaban J connectivity index is 2.64. The van der Waals surface area contributed by atoms with E-state index in [9.17, 15) is 0 Å². The van der Waals surface area contributed by atoms with Gasteiger partial charge >= 0.3 is 0 Å². The van der Waals surface area contributed by atoms with Crippen molar-refractivity contribution >= 4 is 11.6 Å². The van der Waals surface area contributed by atoms with Gasteiger partial charge in [0.15, 0.2) is 0 Å². The van der Waals surface area contributed by atoms with Gasteiger partial charge in [-0.2, -0.15) is 0 Å². The van der Waals surface area contributed by atoms with Gasteiger partial charge in [-0.05, 0) is 30.0 Å². The Bertz CT molecular complexity index is 356. The average molecular weight is 257 g/mol. The monoisotopic (exact) mass is 256 g/mol. The number of hydrogen-bond acceptors (Lipinski definition) is 2. The fraction of sp³-hybridized carbons (Fsp3) is 0.571. The molecule has 0 atom stereocenters. The number of ether oxygens (including phenoxy) is 2.